The van der Waals surface area contributed by atoms with Crippen molar-refractivity contribution in [1.29, 1.82) is 0 Å². The summed E-state index contributed by atoms with van der Waals surface area (Å²) in [5.41, 5.74) is 6.82. The van der Waals surface area contributed by atoms with Gasteiger partial charge in [-0.05, 0) is 32.3 Å². The third kappa shape index (κ3) is 5.61. The van der Waals surface area contributed by atoms with Crippen LogP contribution in [0.2, 0.25) is 0 Å². The Morgan fingerprint density at radius 3 is 2.50 bits per heavy atom. The molecule has 3 N–H and O–H groups in total. The molecule has 4 nitrogen and oxygen atoms in total. The van der Waals surface area contributed by atoms with Crippen molar-refractivity contribution in [1.82, 2.24) is 5.32 Å². The van der Waals surface area contributed by atoms with E-state index in [1.807, 2.05) is 38.1 Å². The van der Waals surface area contributed by atoms with Crippen LogP contribution in [0.15, 0.2) is 24.3 Å². The first kappa shape index (κ1) is 16.5. The van der Waals surface area contributed by atoms with Crippen molar-refractivity contribution >= 4 is 5.91 Å². The Morgan fingerprint density at radius 2 is 1.90 bits per heavy atom. The van der Waals surface area contributed by atoms with E-state index in [-0.39, 0.29) is 12.0 Å². The maximum atomic E-state index is 11.9. The zero-order chi connectivity index (χ0) is 15.1. The standard InChI is InChI=1S/C16H26N2O2/c1-11(2)9-14(17)16(19)18-10-13-7-5-6-8-15(13)20-12(3)4/h5-8,11-12,14H,9-10,17H2,1-4H3,(H,18,19)/t14-/m0/s1. The molecule has 1 aromatic carbocycles. The van der Waals surface area contributed by atoms with E-state index >= 15 is 0 Å². The number of ether oxygens (including phenoxy) is 1. The molecule has 0 aromatic heterocycles. The Morgan fingerprint density at radius 1 is 1.25 bits per heavy atom. The summed E-state index contributed by atoms with van der Waals surface area (Å²) < 4.78 is 5.72. The topological polar surface area (TPSA) is 64.4 Å². The van der Waals surface area contributed by atoms with Crippen LogP contribution < -0.4 is 15.8 Å². The second-order valence-corrected chi connectivity index (χ2v) is 5.73. The predicted molar refractivity (Wildman–Crippen MR) is 81.5 cm³/mol. The van der Waals surface area contributed by atoms with E-state index in [1.165, 1.54) is 0 Å². The fraction of sp³-hybridized carbons (Fsp3) is 0.562. The summed E-state index contributed by atoms with van der Waals surface area (Å²) in [6.07, 6.45) is 0.797. The fourth-order valence-electron chi connectivity index (χ4n) is 1.95. The summed E-state index contributed by atoms with van der Waals surface area (Å²) in [6.45, 7) is 8.51. The molecule has 1 aromatic rings. The lowest BCUT2D eigenvalue weighted by atomic mass is 10.0. The molecule has 0 bridgehead atoms. The van der Waals surface area contributed by atoms with E-state index < -0.39 is 6.04 Å². The number of carbonyl (C=O) groups is 1. The Kier molecular flexibility index (Phi) is 6.52. The highest BCUT2D eigenvalue weighted by Gasteiger charge is 2.15. The van der Waals surface area contributed by atoms with E-state index in [9.17, 15) is 4.79 Å². The summed E-state index contributed by atoms with van der Waals surface area (Å²) in [5.74, 6) is 1.10. The Labute approximate surface area is 121 Å². The van der Waals surface area contributed by atoms with Gasteiger partial charge < -0.3 is 15.8 Å². The van der Waals surface area contributed by atoms with Gasteiger partial charge in [-0.25, -0.2) is 0 Å². The zero-order valence-corrected chi connectivity index (χ0v) is 12.8. The van der Waals surface area contributed by atoms with Crippen LogP contribution in [0.4, 0.5) is 0 Å². The Bertz CT molecular complexity index is 430. The van der Waals surface area contributed by atoms with Crippen LogP contribution in [0, 0.1) is 5.92 Å². The van der Waals surface area contributed by atoms with Crippen LogP contribution >= 0.6 is 0 Å². The van der Waals surface area contributed by atoms with Crippen LogP contribution in [0.1, 0.15) is 39.7 Å². The molecule has 0 saturated carbocycles. The molecule has 1 rings (SSSR count). The quantitative estimate of drug-likeness (QED) is 0.805. The second-order valence-electron chi connectivity index (χ2n) is 5.73. The SMILES string of the molecule is CC(C)C[C@H](N)C(=O)NCc1ccccc1OC(C)C. The summed E-state index contributed by atoms with van der Waals surface area (Å²) >= 11 is 0. The lowest BCUT2D eigenvalue weighted by Crippen LogP contribution is -2.41. The van der Waals surface area contributed by atoms with E-state index in [0.717, 1.165) is 11.3 Å². The monoisotopic (exact) mass is 278 g/mol. The number of benzene rings is 1. The number of carbonyl (C=O) groups excluding carboxylic acids is 1. The lowest BCUT2D eigenvalue weighted by Gasteiger charge is -2.17. The van der Waals surface area contributed by atoms with Gasteiger partial charge in [0, 0.05) is 12.1 Å². The van der Waals surface area contributed by atoms with Crippen molar-refractivity contribution < 1.29 is 9.53 Å². The Balaban J connectivity index is 2.59. The lowest BCUT2D eigenvalue weighted by molar-refractivity contribution is -0.122. The number of amides is 1. The third-order valence-corrected chi connectivity index (χ3v) is 2.85. The first-order valence-electron chi connectivity index (χ1n) is 7.18. The number of rotatable bonds is 7. The molecule has 0 radical (unpaired) electrons. The van der Waals surface area contributed by atoms with Gasteiger partial charge in [0.25, 0.3) is 0 Å². The van der Waals surface area contributed by atoms with E-state index in [4.69, 9.17) is 10.5 Å². The van der Waals surface area contributed by atoms with Gasteiger partial charge in [-0.3, -0.25) is 4.79 Å². The molecule has 1 atom stereocenters. The zero-order valence-electron chi connectivity index (χ0n) is 12.8. The maximum Gasteiger partial charge on any atom is 0.237 e. The van der Waals surface area contributed by atoms with Gasteiger partial charge in [0.15, 0.2) is 0 Å². The van der Waals surface area contributed by atoms with E-state index in [2.05, 4.69) is 19.2 Å². The average Bonchev–Trinajstić information content (AvgIpc) is 2.35. The minimum Gasteiger partial charge on any atom is -0.491 e. The van der Waals surface area contributed by atoms with Gasteiger partial charge in [0.2, 0.25) is 5.91 Å². The number of nitrogens with two attached hydrogens (primary N) is 1. The molecule has 1 amide bonds. The molecular formula is C16H26N2O2. The van der Waals surface area contributed by atoms with Gasteiger partial charge in [0.1, 0.15) is 5.75 Å². The molecule has 0 unspecified atom stereocenters. The van der Waals surface area contributed by atoms with Gasteiger partial charge in [0.05, 0.1) is 12.1 Å². The minimum atomic E-state index is -0.451. The van der Waals surface area contributed by atoms with Gasteiger partial charge in [-0.1, -0.05) is 32.0 Å². The van der Waals surface area contributed by atoms with Crippen LogP contribution in [-0.4, -0.2) is 18.1 Å². The highest BCUT2D eigenvalue weighted by atomic mass is 16.5. The average molecular weight is 278 g/mol. The summed E-state index contributed by atoms with van der Waals surface area (Å²) in [5, 5.41) is 2.87. The Hall–Kier alpha value is -1.55. The molecule has 0 heterocycles. The van der Waals surface area contributed by atoms with E-state index in [0.29, 0.717) is 18.9 Å². The minimum absolute atomic E-state index is 0.107. The smallest absolute Gasteiger partial charge is 0.237 e. The highest BCUT2D eigenvalue weighted by Crippen LogP contribution is 2.19. The van der Waals surface area contributed by atoms with Crippen LogP contribution in [-0.2, 0) is 11.3 Å². The molecule has 0 saturated heterocycles. The highest BCUT2D eigenvalue weighted by molar-refractivity contribution is 5.81. The van der Waals surface area contributed by atoms with E-state index in [1.54, 1.807) is 0 Å². The molecule has 0 aliphatic heterocycles. The normalized spacial score (nSPS) is 12.6. The summed E-state index contributed by atoms with van der Waals surface area (Å²) in [6, 6.07) is 7.27. The fourth-order valence-corrected chi connectivity index (χ4v) is 1.95. The van der Waals surface area contributed by atoms with Gasteiger partial charge >= 0.3 is 0 Å². The molecule has 112 valence electrons. The van der Waals surface area contributed by atoms with Crippen molar-refractivity contribution in [3.8, 4) is 5.75 Å². The molecule has 0 spiro atoms. The van der Waals surface area contributed by atoms with Gasteiger partial charge in [-0.15, -0.1) is 0 Å². The maximum absolute atomic E-state index is 11.9. The number of hydrogen-bond acceptors (Lipinski definition) is 3. The van der Waals surface area contributed by atoms with Crippen molar-refractivity contribution in [2.24, 2.45) is 11.7 Å². The van der Waals surface area contributed by atoms with Gasteiger partial charge in [-0.2, -0.15) is 0 Å². The molecule has 4 heteroatoms. The summed E-state index contributed by atoms with van der Waals surface area (Å²) in [4.78, 5) is 11.9. The largest absolute Gasteiger partial charge is 0.491 e. The van der Waals surface area contributed by atoms with Crippen molar-refractivity contribution in [3.05, 3.63) is 29.8 Å². The predicted octanol–water partition coefficient (Wildman–Crippen LogP) is 2.46. The second kappa shape index (κ2) is 7.90. The summed E-state index contributed by atoms with van der Waals surface area (Å²) in [7, 11) is 0. The van der Waals surface area contributed by atoms with Crippen molar-refractivity contribution in [2.45, 2.75) is 52.8 Å². The number of nitrogens with one attached hydrogen (secondary N) is 1. The number of para-hydroxylation sites is 1. The molecule has 0 aliphatic carbocycles. The third-order valence-electron chi connectivity index (χ3n) is 2.85. The molecule has 0 fully saturated rings. The first-order valence-corrected chi connectivity index (χ1v) is 7.18. The van der Waals surface area contributed by atoms with Crippen LogP contribution in [0.5, 0.6) is 5.75 Å². The van der Waals surface area contributed by atoms with Crippen LogP contribution in [0.3, 0.4) is 0 Å². The van der Waals surface area contributed by atoms with Crippen molar-refractivity contribution in [3.63, 3.8) is 0 Å². The van der Waals surface area contributed by atoms with Crippen LogP contribution in [0.25, 0.3) is 0 Å². The first-order chi connectivity index (χ1) is 9.40. The van der Waals surface area contributed by atoms with Crippen molar-refractivity contribution in [2.75, 3.05) is 0 Å². The number of hydrogen-bond donors (Lipinski definition) is 2. The molecule has 0 aliphatic rings. The molecule has 20 heavy (non-hydrogen) atoms. The molecular weight excluding hydrogens is 252 g/mol.